The number of non-ortho nitro benzene ring substituents is 1. The molecule has 21 heavy (non-hydrogen) atoms. The smallest absolute Gasteiger partial charge is 0.271 e. The molecule has 1 amide bonds. The first-order valence-electron chi connectivity index (χ1n) is 6.15. The van der Waals surface area contributed by atoms with Crippen LogP contribution in [0, 0.1) is 24.0 Å². The van der Waals surface area contributed by atoms with Gasteiger partial charge in [0.1, 0.15) is 12.3 Å². The van der Waals surface area contributed by atoms with Gasteiger partial charge in [-0.05, 0) is 26.0 Å². The van der Waals surface area contributed by atoms with Gasteiger partial charge in [-0.1, -0.05) is 0 Å². The molecule has 0 atom stereocenters. The maximum atomic E-state index is 11.9. The van der Waals surface area contributed by atoms with Crippen LogP contribution in [0.1, 0.15) is 11.4 Å². The molecule has 0 aliphatic heterocycles. The minimum Gasteiger partial charge on any atom is -0.506 e. The molecule has 1 heterocycles. The van der Waals surface area contributed by atoms with Crippen molar-refractivity contribution < 1.29 is 14.8 Å². The van der Waals surface area contributed by atoms with Crippen molar-refractivity contribution in [1.82, 2.24) is 9.78 Å². The summed E-state index contributed by atoms with van der Waals surface area (Å²) >= 11 is 0. The Kier molecular flexibility index (Phi) is 3.88. The number of benzene rings is 1. The van der Waals surface area contributed by atoms with E-state index in [1.54, 1.807) is 0 Å². The van der Waals surface area contributed by atoms with Gasteiger partial charge in [0.2, 0.25) is 5.91 Å². The van der Waals surface area contributed by atoms with Gasteiger partial charge in [-0.2, -0.15) is 5.10 Å². The van der Waals surface area contributed by atoms with Crippen LogP contribution >= 0.6 is 0 Å². The number of aromatic nitrogens is 2. The summed E-state index contributed by atoms with van der Waals surface area (Å²) in [4.78, 5) is 22.0. The Morgan fingerprint density at radius 2 is 2.14 bits per heavy atom. The number of hydrogen-bond acceptors (Lipinski definition) is 5. The van der Waals surface area contributed by atoms with E-state index in [0.717, 1.165) is 29.6 Å². The van der Waals surface area contributed by atoms with Gasteiger partial charge in [0.05, 0.1) is 16.3 Å². The fraction of sp³-hybridized carbons (Fsp3) is 0.231. The van der Waals surface area contributed by atoms with Crippen LogP contribution in [0.5, 0.6) is 5.75 Å². The number of phenolic OH excluding ortho intramolecular Hbond substituents is 1. The summed E-state index contributed by atoms with van der Waals surface area (Å²) in [6.45, 7) is 3.59. The molecular formula is C13H14N4O4. The highest BCUT2D eigenvalue weighted by atomic mass is 16.6. The van der Waals surface area contributed by atoms with E-state index in [2.05, 4.69) is 10.4 Å². The molecule has 0 saturated carbocycles. The second-order valence-corrected chi connectivity index (χ2v) is 4.59. The van der Waals surface area contributed by atoms with Gasteiger partial charge in [-0.3, -0.25) is 19.6 Å². The van der Waals surface area contributed by atoms with E-state index < -0.39 is 10.8 Å². The number of nitrogens with one attached hydrogen (secondary N) is 1. The molecule has 8 nitrogen and oxygen atoms in total. The summed E-state index contributed by atoms with van der Waals surface area (Å²) in [6, 6.07) is 5.26. The fourth-order valence-corrected chi connectivity index (χ4v) is 1.90. The Bertz CT molecular complexity index is 708. The van der Waals surface area contributed by atoms with Gasteiger partial charge in [0.15, 0.2) is 0 Å². The third-order valence-electron chi connectivity index (χ3n) is 2.86. The highest BCUT2D eigenvalue weighted by Crippen LogP contribution is 2.27. The van der Waals surface area contributed by atoms with Crippen LogP contribution < -0.4 is 5.32 Å². The summed E-state index contributed by atoms with van der Waals surface area (Å²) in [5, 5.41) is 26.9. The zero-order valence-corrected chi connectivity index (χ0v) is 11.5. The third-order valence-corrected chi connectivity index (χ3v) is 2.86. The molecule has 0 radical (unpaired) electrons. The zero-order chi connectivity index (χ0) is 15.6. The summed E-state index contributed by atoms with van der Waals surface area (Å²) in [5.41, 5.74) is 1.40. The quantitative estimate of drug-likeness (QED) is 0.506. The van der Waals surface area contributed by atoms with Gasteiger partial charge < -0.3 is 10.4 Å². The number of anilines is 1. The number of hydrogen-bond donors (Lipinski definition) is 2. The van der Waals surface area contributed by atoms with Crippen LogP contribution in [0.15, 0.2) is 24.3 Å². The number of amides is 1. The Hall–Kier alpha value is -2.90. The number of nitrogens with zero attached hydrogens (tertiary/aromatic N) is 3. The van der Waals surface area contributed by atoms with Crippen LogP contribution in [0.2, 0.25) is 0 Å². The molecule has 8 heteroatoms. The van der Waals surface area contributed by atoms with Crippen molar-refractivity contribution >= 4 is 17.3 Å². The Morgan fingerprint density at radius 3 is 2.71 bits per heavy atom. The molecule has 0 spiro atoms. The number of aromatic hydroxyl groups is 1. The standard InChI is InChI=1S/C13H14N4O4/c1-8-5-9(2)16(15-8)7-13(19)14-11-6-10(17(20)21)3-4-12(11)18/h3-6,18H,7H2,1-2H3,(H,14,19). The van der Waals surface area contributed by atoms with Crippen LogP contribution in [0.25, 0.3) is 0 Å². The number of rotatable bonds is 4. The maximum absolute atomic E-state index is 11.9. The number of carbonyl (C=O) groups excluding carboxylic acids is 1. The van der Waals surface area contributed by atoms with Crippen molar-refractivity contribution in [3.63, 3.8) is 0 Å². The van der Waals surface area contributed by atoms with Crippen LogP contribution in [-0.2, 0) is 11.3 Å². The first-order valence-corrected chi connectivity index (χ1v) is 6.15. The minimum atomic E-state index is -0.601. The molecule has 0 unspecified atom stereocenters. The van der Waals surface area contributed by atoms with Gasteiger partial charge in [0.25, 0.3) is 5.69 Å². The molecule has 2 rings (SSSR count). The topological polar surface area (TPSA) is 110 Å². The molecular weight excluding hydrogens is 276 g/mol. The summed E-state index contributed by atoms with van der Waals surface area (Å²) < 4.78 is 1.51. The lowest BCUT2D eigenvalue weighted by molar-refractivity contribution is -0.384. The van der Waals surface area contributed by atoms with Crippen molar-refractivity contribution in [2.75, 3.05) is 5.32 Å². The van der Waals surface area contributed by atoms with E-state index in [1.807, 2.05) is 19.9 Å². The predicted octanol–water partition coefficient (Wildman–Crippen LogP) is 1.75. The average molecular weight is 290 g/mol. The van der Waals surface area contributed by atoms with Crippen LogP contribution in [0.3, 0.4) is 0 Å². The van der Waals surface area contributed by atoms with E-state index in [0.29, 0.717) is 0 Å². The molecule has 0 aliphatic rings. The number of nitro benzene ring substituents is 1. The molecule has 2 N–H and O–H groups in total. The number of nitro groups is 1. The van der Waals surface area contributed by atoms with Crippen molar-refractivity contribution in [2.24, 2.45) is 0 Å². The fourth-order valence-electron chi connectivity index (χ4n) is 1.90. The zero-order valence-electron chi connectivity index (χ0n) is 11.5. The molecule has 0 bridgehead atoms. The third kappa shape index (κ3) is 3.35. The second-order valence-electron chi connectivity index (χ2n) is 4.59. The van der Waals surface area contributed by atoms with E-state index in [-0.39, 0.29) is 23.7 Å². The first kappa shape index (κ1) is 14.5. The van der Waals surface area contributed by atoms with E-state index >= 15 is 0 Å². The molecule has 1 aromatic carbocycles. The van der Waals surface area contributed by atoms with E-state index in [4.69, 9.17) is 0 Å². The van der Waals surface area contributed by atoms with E-state index in [1.165, 1.54) is 4.68 Å². The van der Waals surface area contributed by atoms with E-state index in [9.17, 15) is 20.0 Å². The van der Waals surface area contributed by atoms with Crippen LogP contribution in [0.4, 0.5) is 11.4 Å². The highest BCUT2D eigenvalue weighted by Gasteiger charge is 2.13. The number of aryl methyl sites for hydroxylation is 2. The van der Waals surface area contributed by atoms with Crippen molar-refractivity contribution in [1.29, 1.82) is 0 Å². The lowest BCUT2D eigenvalue weighted by atomic mass is 10.2. The summed E-state index contributed by atoms with van der Waals surface area (Å²) in [7, 11) is 0. The molecule has 110 valence electrons. The highest BCUT2D eigenvalue weighted by molar-refractivity contribution is 5.92. The SMILES string of the molecule is Cc1cc(C)n(CC(=O)Nc2cc([N+](=O)[O-])ccc2O)n1. The Balaban J connectivity index is 2.14. The monoisotopic (exact) mass is 290 g/mol. The Labute approximate surface area is 120 Å². The molecule has 0 fully saturated rings. The van der Waals surface area contributed by atoms with Crippen molar-refractivity contribution in [3.8, 4) is 5.75 Å². The molecule has 2 aromatic rings. The van der Waals surface area contributed by atoms with Gasteiger partial charge in [-0.25, -0.2) is 0 Å². The minimum absolute atomic E-state index is 0.00395. The van der Waals surface area contributed by atoms with Crippen molar-refractivity contribution in [2.45, 2.75) is 20.4 Å². The Morgan fingerprint density at radius 1 is 1.43 bits per heavy atom. The first-order chi connectivity index (χ1) is 9.86. The average Bonchev–Trinajstić information content (AvgIpc) is 2.70. The lowest BCUT2D eigenvalue weighted by Gasteiger charge is -2.08. The summed E-state index contributed by atoms with van der Waals surface area (Å²) in [5.74, 6) is -0.667. The lowest BCUT2D eigenvalue weighted by Crippen LogP contribution is -2.20. The molecule has 1 aromatic heterocycles. The largest absolute Gasteiger partial charge is 0.506 e. The second kappa shape index (κ2) is 5.61. The maximum Gasteiger partial charge on any atom is 0.271 e. The summed E-state index contributed by atoms with van der Waals surface area (Å²) in [6.07, 6.45) is 0. The molecule has 0 aliphatic carbocycles. The van der Waals surface area contributed by atoms with Crippen molar-refractivity contribution in [3.05, 3.63) is 45.8 Å². The van der Waals surface area contributed by atoms with Gasteiger partial charge in [-0.15, -0.1) is 0 Å². The predicted molar refractivity (Wildman–Crippen MR) is 75.1 cm³/mol. The van der Waals surface area contributed by atoms with Crippen LogP contribution in [-0.4, -0.2) is 25.7 Å². The van der Waals surface area contributed by atoms with Gasteiger partial charge in [0, 0.05) is 17.8 Å². The normalized spacial score (nSPS) is 10.4. The molecule has 0 saturated heterocycles. The van der Waals surface area contributed by atoms with Gasteiger partial charge >= 0.3 is 0 Å². The number of phenols is 1. The number of carbonyl (C=O) groups is 1.